The summed E-state index contributed by atoms with van der Waals surface area (Å²) in [7, 11) is 0. The Hall–Kier alpha value is -7.26. The molecule has 7 N–H and O–H groups in total. The second kappa shape index (κ2) is 15.0. The number of aromatic nitrogens is 2. The first-order valence-corrected chi connectivity index (χ1v) is 16.7. The molecule has 7 rings (SSSR count). The smallest absolute Gasteiger partial charge is 0.417 e. The maximum absolute atomic E-state index is 13.8. The number of anilines is 5. The quantitative estimate of drug-likeness (QED) is 0.0789. The number of nitrogens with zero attached hydrogens (tertiary/aromatic N) is 3. The molecule has 0 saturated heterocycles. The molecule has 0 aliphatic rings. The van der Waals surface area contributed by atoms with Crippen molar-refractivity contribution in [1.29, 1.82) is 0 Å². The molecule has 276 valence electrons. The van der Waals surface area contributed by atoms with Gasteiger partial charge in [0.25, 0.3) is 0 Å². The van der Waals surface area contributed by atoms with Crippen molar-refractivity contribution >= 4 is 73.6 Å². The average molecular weight is 765 g/mol. The number of carbonyl (C=O) groups excluding carboxylic acids is 2. The summed E-state index contributed by atoms with van der Waals surface area (Å²) in [5.41, 5.74) is 14.2. The standard InChI is InChI=1S/C39H28ClF3N8O4/c40-34-14-7-28(17-33(34)39(41,42)43)51(38(53)49-27-5-10-30(11-6-27)55-36-21-47-19-23-16-25(45)2-13-32(23)36)50-37(52)48-26-3-8-29(9-4-26)54-35-20-46-18-22-15-24(44)1-12-31(22)35/h1-21H,44-45H2,(H,49,53)(H2,48,50,52). The molecular formula is C39H28ClF3N8O4. The zero-order valence-electron chi connectivity index (χ0n) is 28.3. The Bertz CT molecular complexity index is 2560. The van der Waals surface area contributed by atoms with Crippen molar-refractivity contribution in [3.8, 4) is 23.0 Å². The lowest BCUT2D eigenvalue weighted by molar-refractivity contribution is -0.137. The zero-order valence-corrected chi connectivity index (χ0v) is 29.0. The largest absolute Gasteiger partial charge is 0.455 e. The van der Waals surface area contributed by atoms with Crippen LogP contribution in [0.3, 0.4) is 0 Å². The monoisotopic (exact) mass is 764 g/mol. The zero-order chi connectivity index (χ0) is 38.7. The number of amides is 4. The fourth-order valence-electron chi connectivity index (χ4n) is 5.51. The molecule has 0 aliphatic carbocycles. The van der Waals surface area contributed by atoms with Crippen LogP contribution in [0.1, 0.15) is 5.56 Å². The van der Waals surface area contributed by atoms with Crippen molar-refractivity contribution in [2.45, 2.75) is 6.18 Å². The highest BCUT2D eigenvalue weighted by atomic mass is 35.5. The van der Waals surface area contributed by atoms with Gasteiger partial charge in [0.1, 0.15) is 11.5 Å². The number of pyridine rings is 2. The molecule has 0 unspecified atom stereocenters. The van der Waals surface area contributed by atoms with Gasteiger partial charge in [-0.05, 0) is 103 Å². The summed E-state index contributed by atoms with van der Waals surface area (Å²) < 4.78 is 53.4. The van der Waals surface area contributed by atoms with Gasteiger partial charge in [0.15, 0.2) is 11.5 Å². The Morgan fingerprint density at radius 3 is 1.67 bits per heavy atom. The molecule has 0 aliphatic heterocycles. The van der Waals surface area contributed by atoms with Crippen LogP contribution >= 0.6 is 11.6 Å². The Morgan fingerprint density at radius 1 is 0.655 bits per heavy atom. The number of urea groups is 2. The van der Waals surface area contributed by atoms with E-state index in [1.54, 1.807) is 79.4 Å². The van der Waals surface area contributed by atoms with Gasteiger partial charge in [0.05, 0.1) is 28.7 Å². The molecule has 0 fully saturated rings. The van der Waals surface area contributed by atoms with Gasteiger partial charge in [-0.15, -0.1) is 0 Å². The van der Waals surface area contributed by atoms with Crippen molar-refractivity contribution in [2.24, 2.45) is 0 Å². The van der Waals surface area contributed by atoms with Crippen molar-refractivity contribution < 1.29 is 32.2 Å². The highest BCUT2D eigenvalue weighted by Gasteiger charge is 2.34. The predicted molar refractivity (Wildman–Crippen MR) is 205 cm³/mol. The number of hydrogen-bond acceptors (Lipinski definition) is 8. The minimum atomic E-state index is -4.85. The fraction of sp³-hybridized carbons (Fsp3) is 0.0256. The van der Waals surface area contributed by atoms with Gasteiger partial charge in [-0.3, -0.25) is 9.97 Å². The van der Waals surface area contributed by atoms with Gasteiger partial charge in [0.2, 0.25) is 0 Å². The number of nitrogens with two attached hydrogens (primary N) is 2. The van der Waals surface area contributed by atoms with Crippen LogP contribution < -0.4 is 42.0 Å². The topological polar surface area (TPSA) is 170 Å². The minimum Gasteiger partial charge on any atom is -0.455 e. The number of hydrazine groups is 1. The third-order valence-corrected chi connectivity index (χ3v) is 8.43. The molecule has 4 amide bonds. The van der Waals surface area contributed by atoms with E-state index < -0.39 is 28.8 Å². The molecule has 0 radical (unpaired) electrons. The number of benzene rings is 5. The van der Waals surface area contributed by atoms with E-state index in [-0.39, 0.29) is 17.1 Å². The Morgan fingerprint density at radius 2 is 1.16 bits per heavy atom. The number of carbonyl (C=O) groups is 2. The molecule has 2 heterocycles. The Kier molecular flexibility index (Phi) is 9.85. The van der Waals surface area contributed by atoms with E-state index in [0.717, 1.165) is 33.7 Å². The van der Waals surface area contributed by atoms with E-state index >= 15 is 0 Å². The maximum atomic E-state index is 13.8. The van der Waals surface area contributed by atoms with Gasteiger partial charge in [0, 0.05) is 56.7 Å². The van der Waals surface area contributed by atoms with Crippen LogP contribution in [-0.4, -0.2) is 22.0 Å². The Labute approximate surface area is 315 Å². The van der Waals surface area contributed by atoms with Gasteiger partial charge in [-0.2, -0.15) is 13.2 Å². The summed E-state index contributed by atoms with van der Waals surface area (Å²) in [4.78, 5) is 35.2. The highest BCUT2D eigenvalue weighted by Crippen LogP contribution is 2.37. The van der Waals surface area contributed by atoms with Gasteiger partial charge < -0.3 is 31.6 Å². The van der Waals surface area contributed by atoms with Crippen LogP contribution in [0.4, 0.5) is 51.2 Å². The molecule has 0 spiro atoms. The summed E-state index contributed by atoms with van der Waals surface area (Å²) in [6, 6.07) is 23.9. The number of nitrogens with one attached hydrogen (secondary N) is 3. The van der Waals surface area contributed by atoms with Crippen LogP contribution in [0.5, 0.6) is 23.0 Å². The predicted octanol–water partition coefficient (Wildman–Crippen LogP) is 9.98. The van der Waals surface area contributed by atoms with E-state index in [4.69, 9.17) is 32.5 Å². The maximum Gasteiger partial charge on any atom is 0.417 e. The molecule has 7 aromatic rings. The molecule has 5 aromatic carbocycles. The average Bonchev–Trinajstić information content (AvgIpc) is 3.15. The molecule has 0 saturated carbocycles. The summed E-state index contributed by atoms with van der Waals surface area (Å²) in [6.07, 6.45) is 1.58. The first-order valence-electron chi connectivity index (χ1n) is 16.3. The van der Waals surface area contributed by atoms with Crippen molar-refractivity contribution in [1.82, 2.24) is 15.4 Å². The summed E-state index contributed by atoms with van der Waals surface area (Å²) in [5.74, 6) is 1.78. The van der Waals surface area contributed by atoms with E-state index in [2.05, 4.69) is 26.0 Å². The number of fused-ring (bicyclic) bond motifs is 2. The van der Waals surface area contributed by atoms with E-state index in [9.17, 15) is 22.8 Å². The molecule has 55 heavy (non-hydrogen) atoms. The number of rotatable bonds is 7. The van der Waals surface area contributed by atoms with Gasteiger partial charge in [-0.25, -0.2) is 20.0 Å². The number of hydrogen-bond donors (Lipinski definition) is 5. The number of alkyl halides is 3. The lowest BCUT2D eigenvalue weighted by atomic mass is 10.1. The third kappa shape index (κ3) is 8.37. The van der Waals surface area contributed by atoms with Crippen LogP contribution in [0.25, 0.3) is 21.5 Å². The van der Waals surface area contributed by atoms with Gasteiger partial charge in [-0.1, -0.05) is 11.6 Å². The summed E-state index contributed by atoms with van der Waals surface area (Å²) in [6.45, 7) is 0. The molecular weight excluding hydrogens is 737 g/mol. The normalized spacial score (nSPS) is 11.2. The van der Waals surface area contributed by atoms with Crippen molar-refractivity contribution in [3.05, 3.63) is 139 Å². The molecule has 16 heteroatoms. The van der Waals surface area contributed by atoms with Crippen molar-refractivity contribution in [3.63, 3.8) is 0 Å². The Balaban J connectivity index is 1.07. The fourth-order valence-corrected chi connectivity index (χ4v) is 5.73. The van der Waals surface area contributed by atoms with E-state index in [1.165, 1.54) is 24.3 Å². The highest BCUT2D eigenvalue weighted by molar-refractivity contribution is 6.31. The second-order valence-corrected chi connectivity index (χ2v) is 12.4. The second-order valence-electron chi connectivity index (χ2n) is 12.0. The number of halogens is 4. The molecule has 0 bridgehead atoms. The molecule has 2 aromatic heterocycles. The lowest BCUT2D eigenvalue weighted by Crippen LogP contribution is -2.50. The summed E-state index contributed by atoms with van der Waals surface area (Å²) >= 11 is 5.84. The van der Waals surface area contributed by atoms with Gasteiger partial charge >= 0.3 is 18.2 Å². The van der Waals surface area contributed by atoms with E-state index in [1.807, 2.05) is 6.07 Å². The lowest BCUT2D eigenvalue weighted by Gasteiger charge is -2.25. The number of nitrogen functional groups attached to an aromatic ring is 2. The van der Waals surface area contributed by atoms with Crippen LogP contribution in [0.2, 0.25) is 5.02 Å². The van der Waals surface area contributed by atoms with Crippen LogP contribution in [0, 0.1) is 0 Å². The minimum absolute atomic E-state index is 0.235. The molecule has 0 atom stereocenters. The SMILES string of the molecule is Nc1ccc2c(Oc3ccc(NC(=O)NN(C(=O)Nc4ccc(Oc5cncc6cc(N)ccc56)cc4)c4ccc(Cl)c(C(F)(F)F)c4)cc3)cncc2c1. The third-order valence-electron chi connectivity index (χ3n) is 8.10. The van der Waals surface area contributed by atoms with Crippen LogP contribution in [-0.2, 0) is 6.18 Å². The van der Waals surface area contributed by atoms with Crippen molar-refractivity contribution in [2.75, 3.05) is 27.1 Å². The number of ether oxygens (including phenoxy) is 2. The first kappa shape index (κ1) is 36.1. The van der Waals surface area contributed by atoms with Crippen LogP contribution in [0.15, 0.2) is 128 Å². The first-order chi connectivity index (χ1) is 26.4. The van der Waals surface area contributed by atoms with E-state index in [0.29, 0.717) is 45.4 Å². The molecule has 12 nitrogen and oxygen atoms in total. The summed E-state index contributed by atoms with van der Waals surface area (Å²) in [5, 5.41) is 8.29.